The van der Waals surface area contributed by atoms with Crippen molar-refractivity contribution in [3.63, 3.8) is 0 Å². The lowest BCUT2D eigenvalue weighted by Gasteiger charge is -2.10. The highest BCUT2D eigenvalue weighted by Crippen LogP contribution is 2.20. The Morgan fingerprint density at radius 3 is 2.39 bits per heavy atom. The van der Waals surface area contributed by atoms with Gasteiger partial charge < -0.3 is 15.4 Å². The van der Waals surface area contributed by atoms with Crippen LogP contribution in [0.3, 0.4) is 0 Å². The molecule has 0 heterocycles. The average Bonchev–Trinajstić information content (AvgIpc) is 2.71. The first-order valence-corrected chi connectivity index (χ1v) is 9.54. The van der Waals surface area contributed by atoms with E-state index in [1.54, 1.807) is 0 Å². The number of carbonyl (C=O) groups is 1. The van der Waals surface area contributed by atoms with Crippen molar-refractivity contribution < 1.29 is 9.53 Å². The molecule has 3 aromatic rings. The van der Waals surface area contributed by atoms with E-state index in [9.17, 15) is 4.79 Å². The number of carbonyl (C=O) groups excluding carboxylic acids is 1. The van der Waals surface area contributed by atoms with E-state index >= 15 is 0 Å². The van der Waals surface area contributed by atoms with Gasteiger partial charge in [-0.15, -0.1) is 0 Å². The number of anilines is 2. The van der Waals surface area contributed by atoms with E-state index in [0.717, 1.165) is 29.1 Å². The van der Waals surface area contributed by atoms with E-state index in [4.69, 9.17) is 16.3 Å². The van der Waals surface area contributed by atoms with Gasteiger partial charge in [0.1, 0.15) is 5.75 Å². The molecular weight excluding hydrogens is 372 g/mol. The lowest BCUT2D eigenvalue weighted by atomic mass is 10.2. The van der Waals surface area contributed by atoms with E-state index < -0.39 is 0 Å². The quantitative estimate of drug-likeness (QED) is 0.543. The molecule has 0 radical (unpaired) electrons. The predicted octanol–water partition coefficient (Wildman–Crippen LogP) is 5.32. The summed E-state index contributed by atoms with van der Waals surface area (Å²) in [5, 5.41) is 6.60. The zero-order chi connectivity index (χ0) is 19.8. The molecule has 0 fully saturated rings. The fourth-order valence-electron chi connectivity index (χ4n) is 2.66. The summed E-state index contributed by atoms with van der Waals surface area (Å²) < 4.78 is 5.76. The molecule has 144 valence electrons. The molecule has 0 bridgehead atoms. The molecule has 0 atom stereocenters. The summed E-state index contributed by atoms with van der Waals surface area (Å²) in [7, 11) is 0. The maximum atomic E-state index is 12.1. The van der Waals surface area contributed by atoms with Crippen LogP contribution in [0.4, 0.5) is 11.4 Å². The SMILES string of the molecule is Cc1ccc(NCC(=O)Nc2ccc(OCCc3ccccc3)cc2)cc1Cl. The molecule has 0 aromatic heterocycles. The Kier molecular flexibility index (Phi) is 6.93. The molecule has 2 N–H and O–H groups in total. The smallest absolute Gasteiger partial charge is 0.243 e. The van der Waals surface area contributed by atoms with Crippen molar-refractivity contribution in [1.29, 1.82) is 0 Å². The van der Waals surface area contributed by atoms with E-state index in [1.807, 2.05) is 67.6 Å². The number of nitrogens with one attached hydrogen (secondary N) is 2. The Morgan fingerprint density at radius 1 is 0.964 bits per heavy atom. The van der Waals surface area contributed by atoms with Crippen LogP contribution in [0.15, 0.2) is 72.8 Å². The van der Waals surface area contributed by atoms with Gasteiger partial charge in [-0.1, -0.05) is 48.0 Å². The lowest BCUT2D eigenvalue weighted by Crippen LogP contribution is -2.21. The second kappa shape index (κ2) is 9.81. The van der Waals surface area contributed by atoms with Gasteiger partial charge in [-0.05, 0) is 54.4 Å². The fourth-order valence-corrected chi connectivity index (χ4v) is 2.84. The minimum Gasteiger partial charge on any atom is -0.493 e. The average molecular weight is 395 g/mol. The minimum absolute atomic E-state index is 0.130. The summed E-state index contributed by atoms with van der Waals surface area (Å²) in [6, 6.07) is 23.2. The third-order valence-corrected chi connectivity index (χ3v) is 4.67. The van der Waals surface area contributed by atoms with Gasteiger partial charge in [0.25, 0.3) is 0 Å². The Hall–Kier alpha value is -2.98. The summed E-state index contributed by atoms with van der Waals surface area (Å²) in [4.78, 5) is 12.1. The van der Waals surface area contributed by atoms with Gasteiger partial charge in [0, 0.05) is 22.8 Å². The molecule has 28 heavy (non-hydrogen) atoms. The molecule has 0 unspecified atom stereocenters. The lowest BCUT2D eigenvalue weighted by molar-refractivity contribution is -0.114. The Morgan fingerprint density at radius 2 is 1.68 bits per heavy atom. The number of ether oxygens (including phenoxy) is 1. The second-order valence-corrected chi connectivity index (χ2v) is 6.88. The van der Waals surface area contributed by atoms with Crippen molar-refractivity contribution >= 4 is 28.9 Å². The zero-order valence-corrected chi connectivity index (χ0v) is 16.5. The predicted molar refractivity (Wildman–Crippen MR) is 115 cm³/mol. The number of aryl methyl sites for hydroxylation is 1. The summed E-state index contributed by atoms with van der Waals surface area (Å²) in [6.07, 6.45) is 0.855. The van der Waals surface area contributed by atoms with Crippen LogP contribution in [0.1, 0.15) is 11.1 Å². The largest absolute Gasteiger partial charge is 0.493 e. The van der Waals surface area contributed by atoms with Gasteiger partial charge in [0.05, 0.1) is 13.2 Å². The van der Waals surface area contributed by atoms with Gasteiger partial charge in [-0.2, -0.15) is 0 Å². The first-order valence-electron chi connectivity index (χ1n) is 9.17. The molecule has 4 nitrogen and oxygen atoms in total. The highest BCUT2D eigenvalue weighted by atomic mass is 35.5. The van der Waals surface area contributed by atoms with Crippen molar-refractivity contribution in [3.8, 4) is 5.75 Å². The van der Waals surface area contributed by atoms with Crippen LogP contribution < -0.4 is 15.4 Å². The molecule has 0 saturated carbocycles. The highest BCUT2D eigenvalue weighted by Gasteiger charge is 2.04. The summed E-state index contributed by atoms with van der Waals surface area (Å²) in [5.41, 5.74) is 3.79. The van der Waals surface area contributed by atoms with Crippen molar-refractivity contribution in [1.82, 2.24) is 0 Å². The normalized spacial score (nSPS) is 10.4. The molecule has 0 aliphatic heterocycles. The van der Waals surface area contributed by atoms with Gasteiger partial charge in [0.15, 0.2) is 0 Å². The Bertz CT molecular complexity index is 912. The molecule has 0 spiro atoms. The molecule has 3 rings (SSSR count). The van der Waals surface area contributed by atoms with Gasteiger partial charge in [-0.3, -0.25) is 4.79 Å². The van der Waals surface area contributed by atoms with Gasteiger partial charge in [0.2, 0.25) is 5.91 Å². The number of amides is 1. The van der Waals surface area contributed by atoms with Crippen molar-refractivity contribution in [3.05, 3.63) is 88.9 Å². The maximum absolute atomic E-state index is 12.1. The minimum atomic E-state index is -0.130. The van der Waals surface area contributed by atoms with Crippen LogP contribution in [0.25, 0.3) is 0 Å². The molecule has 5 heteroatoms. The third-order valence-electron chi connectivity index (χ3n) is 4.27. The van der Waals surface area contributed by atoms with Gasteiger partial charge >= 0.3 is 0 Å². The van der Waals surface area contributed by atoms with E-state index in [1.165, 1.54) is 5.56 Å². The number of halogens is 1. The monoisotopic (exact) mass is 394 g/mol. The van der Waals surface area contributed by atoms with Gasteiger partial charge in [-0.25, -0.2) is 0 Å². The summed E-state index contributed by atoms with van der Waals surface area (Å²) in [6.45, 7) is 2.71. The first-order chi connectivity index (χ1) is 13.6. The van der Waals surface area contributed by atoms with Crippen LogP contribution in [-0.4, -0.2) is 19.1 Å². The van der Waals surface area contributed by atoms with Crippen molar-refractivity contribution in [2.45, 2.75) is 13.3 Å². The van der Waals surface area contributed by atoms with Crippen LogP contribution >= 0.6 is 11.6 Å². The second-order valence-electron chi connectivity index (χ2n) is 6.47. The maximum Gasteiger partial charge on any atom is 0.243 e. The standard InChI is InChI=1S/C23H23ClN2O2/c1-17-7-8-20(15-22(17)24)25-16-23(27)26-19-9-11-21(12-10-19)28-14-13-18-5-3-2-4-6-18/h2-12,15,25H,13-14,16H2,1H3,(H,26,27). The summed E-state index contributed by atoms with van der Waals surface area (Å²) in [5.74, 6) is 0.649. The molecular formula is C23H23ClN2O2. The molecule has 0 saturated heterocycles. The highest BCUT2D eigenvalue weighted by molar-refractivity contribution is 6.31. The third kappa shape index (κ3) is 6.03. The topological polar surface area (TPSA) is 50.4 Å². The Labute approximate surface area is 170 Å². The first kappa shape index (κ1) is 19.8. The summed E-state index contributed by atoms with van der Waals surface area (Å²) >= 11 is 6.09. The molecule has 0 aliphatic rings. The van der Waals surface area contributed by atoms with Crippen LogP contribution in [-0.2, 0) is 11.2 Å². The van der Waals surface area contributed by atoms with Crippen LogP contribution in [0.2, 0.25) is 5.02 Å². The van der Waals surface area contributed by atoms with E-state index in [2.05, 4.69) is 22.8 Å². The number of hydrogen-bond donors (Lipinski definition) is 2. The molecule has 0 aliphatic carbocycles. The number of hydrogen-bond acceptors (Lipinski definition) is 3. The molecule has 3 aromatic carbocycles. The fraction of sp³-hybridized carbons (Fsp3) is 0.174. The number of benzene rings is 3. The van der Waals surface area contributed by atoms with E-state index in [0.29, 0.717) is 11.6 Å². The van der Waals surface area contributed by atoms with E-state index in [-0.39, 0.29) is 12.5 Å². The molecule has 1 amide bonds. The zero-order valence-electron chi connectivity index (χ0n) is 15.7. The Balaban J connectivity index is 1.42. The van der Waals surface area contributed by atoms with Crippen LogP contribution in [0, 0.1) is 6.92 Å². The van der Waals surface area contributed by atoms with Crippen molar-refractivity contribution in [2.24, 2.45) is 0 Å². The van der Waals surface area contributed by atoms with Crippen molar-refractivity contribution in [2.75, 3.05) is 23.8 Å². The number of rotatable bonds is 8. The van der Waals surface area contributed by atoms with Crippen LogP contribution in [0.5, 0.6) is 5.75 Å².